The molecule has 1 saturated heterocycles. The van der Waals surface area contributed by atoms with E-state index in [-0.39, 0.29) is 25.3 Å². The van der Waals surface area contributed by atoms with Gasteiger partial charge in [-0.3, -0.25) is 4.79 Å². The number of rotatable bonds is 3. The molecule has 1 aromatic rings. The van der Waals surface area contributed by atoms with Crippen LogP contribution in [0.1, 0.15) is 10.4 Å². The Morgan fingerprint density at radius 2 is 1.91 bits per heavy atom. The van der Waals surface area contributed by atoms with Gasteiger partial charge in [-0.05, 0) is 24.3 Å². The van der Waals surface area contributed by atoms with Gasteiger partial charge in [-0.1, -0.05) is 0 Å². The predicted molar refractivity (Wildman–Crippen MR) is 66.4 cm³/mol. The topological polar surface area (TPSA) is 76.1 Å². The number of carbonyl (C=O) groups excluding carboxylic acids is 1. The SMILES string of the molecule is O=C(O)[C@@H]1COCCN1C(=O)c1ccc(OC(F)(F)F)cc1. The van der Waals surface area contributed by atoms with Crippen molar-refractivity contribution in [3.05, 3.63) is 29.8 Å². The lowest BCUT2D eigenvalue weighted by atomic mass is 10.1. The minimum Gasteiger partial charge on any atom is -0.480 e. The van der Waals surface area contributed by atoms with E-state index >= 15 is 0 Å². The summed E-state index contributed by atoms with van der Waals surface area (Å²) in [5.74, 6) is -2.25. The molecule has 0 aromatic heterocycles. The van der Waals surface area contributed by atoms with Crippen LogP contribution in [0.25, 0.3) is 0 Å². The molecule has 2 rings (SSSR count). The highest BCUT2D eigenvalue weighted by Gasteiger charge is 2.34. The number of amides is 1. The van der Waals surface area contributed by atoms with Gasteiger partial charge < -0.3 is 19.5 Å². The summed E-state index contributed by atoms with van der Waals surface area (Å²) < 4.78 is 44.9. The van der Waals surface area contributed by atoms with E-state index in [1.54, 1.807) is 0 Å². The summed E-state index contributed by atoms with van der Waals surface area (Å²) in [5.41, 5.74) is 0.0719. The largest absolute Gasteiger partial charge is 0.573 e. The number of halogens is 3. The zero-order valence-corrected chi connectivity index (χ0v) is 11.2. The smallest absolute Gasteiger partial charge is 0.480 e. The molecule has 1 amide bonds. The zero-order valence-electron chi connectivity index (χ0n) is 11.2. The minimum atomic E-state index is -4.82. The van der Waals surface area contributed by atoms with Gasteiger partial charge in [0.05, 0.1) is 13.2 Å². The molecule has 22 heavy (non-hydrogen) atoms. The first-order chi connectivity index (χ1) is 10.3. The normalized spacial score (nSPS) is 18.9. The highest BCUT2D eigenvalue weighted by Crippen LogP contribution is 2.23. The third-order valence-corrected chi connectivity index (χ3v) is 3.01. The number of aliphatic carboxylic acids is 1. The van der Waals surface area contributed by atoms with E-state index in [0.717, 1.165) is 29.2 Å². The molecule has 0 unspecified atom stereocenters. The Labute approximate surface area is 123 Å². The van der Waals surface area contributed by atoms with Crippen molar-refractivity contribution in [2.75, 3.05) is 19.8 Å². The molecule has 1 aliphatic rings. The Bertz CT molecular complexity index is 558. The molecule has 1 heterocycles. The van der Waals surface area contributed by atoms with Gasteiger partial charge in [0.1, 0.15) is 5.75 Å². The molecule has 1 fully saturated rings. The third-order valence-electron chi connectivity index (χ3n) is 3.01. The van der Waals surface area contributed by atoms with Crippen molar-refractivity contribution < 1.29 is 37.3 Å². The van der Waals surface area contributed by atoms with Crippen molar-refractivity contribution >= 4 is 11.9 Å². The number of ether oxygens (including phenoxy) is 2. The Hall–Kier alpha value is -2.29. The van der Waals surface area contributed by atoms with Crippen molar-refractivity contribution in [1.29, 1.82) is 0 Å². The van der Waals surface area contributed by atoms with Crippen LogP contribution in [0.5, 0.6) is 5.75 Å². The predicted octanol–water partition coefficient (Wildman–Crippen LogP) is 1.51. The molecule has 9 heteroatoms. The van der Waals surface area contributed by atoms with E-state index in [4.69, 9.17) is 9.84 Å². The van der Waals surface area contributed by atoms with E-state index in [1.165, 1.54) is 0 Å². The van der Waals surface area contributed by atoms with Crippen LogP contribution in [0.4, 0.5) is 13.2 Å². The number of hydrogen-bond acceptors (Lipinski definition) is 4. The average molecular weight is 319 g/mol. The molecule has 6 nitrogen and oxygen atoms in total. The molecular formula is C13H12F3NO5. The van der Waals surface area contributed by atoms with Gasteiger partial charge in [0.2, 0.25) is 0 Å². The lowest BCUT2D eigenvalue weighted by Gasteiger charge is -2.32. The van der Waals surface area contributed by atoms with E-state index in [0.29, 0.717) is 0 Å². The van der Waals surface area contributed by atoms with Crippen LogP contribution >= 0.6 is 0 Å². The van der Waals surface area contributed by atoms with E-state index in [1.807, 2.05) is 0 Å². The quantitative estimate of drug-likeness (QED) is 0.914. The summed E-state index contributed by atoms with van der Waals surface area (Å²) in [6, 6.07) is 3.18. The Morgan fingerprint density at radius 1 is 1.27 bits per heavy atom. The van der Waals surface area contributed by atoms with Gasteiger partial charge in [0, 0.05) is 12.1 Å². The molecule has 1 N–H and O–H groups in total. The second-order valence-corrected chi connectivity index (χ2v) is 4.50. The zero-order chi connectivity index (χ0) is 16.3. The van der Waals surface area contributed by atoms with Gasteiger partial charge in [0.25, 0.3) is 5.91 Å². The molecule has 1 aromatic carbocycles. The summed E-state index contributed by atoms with van der Waals surface area (Å²) in [6.45, 7) is 0.164. The summed E-state index contributed by atoms with van der Waals surface area (Å²) >= 11 is 0. The molecule has 0 saturated carbocycles. The molecular weight excluding hydrogens is 307 g/mol. The van der Waals surface area contributed by atoms with Crippen molar-refractivity contribution in [2.45, 2.75) is 12.4 Å². The number of morpholine rings is 1. The maximum Gasteiger partial charge on any atom is 0.573 e. The van der Waals surface area contributed by atoms with E-state index < -0.39 is 30.0 Å². The van der Waals surface area contributed by atoms with E-state index in [2.05, 4.69) is 4.74 Å². The van der Waals surface area contributed by atoms with Crippen molar-refractivity contribution in [2.24, 2.45) is 0 Å². The second-order valence-electron chi connectivity index (χ2n) is 4.50. The molecule has 0 aliphatic carbocycles. The average Bonchev–Trinajstić information content (AvgIpc) is 2.45. The highest BCUT2D eigenvalue weighted by molar-refractivity contribution is 5.96. The third kappa shape index (κ3) is 3.88. The lowest BCUT2D eigenvalue weighted by Crippen LogP contribution is -2.52. The Balaban J connectivity index is 2.13. The monoisotopic (exact) mass is 319 g/mol. The van der Waals surface area contributed by atoms with Crippen molar-refractivity contribution in [1.82, 2.24) is 4.90 Å². The van der Waals surface area contributed by atoms with Crippen LogP contribution in [0.2, 0.25) is 0 Å². The minimum absolute atomic E-state index is 0.0719. The fourth-order valence-electron chi connectivity index (χ4n) is 2.02. The molecule has 1 atom stereocenters. The van der Waals surface area contributed by atoms with Crippen LogP contribution in [0.15, 0.2) is 24.3 Å². The van der Waals surface area contributed by atoms with Gasteiger partial charge in [-0.15, -0.1) is 13.2 Å². The Morgan fingerprint density at radius 3 is 2.45 bits per heavy atom. The number of nitrogens with zero attached hydrogens (tertiary/aromatic N) is 1. The fourth-order valence-corrected chi connectivity index (χ4v) is 2.02. The lowest BCUT2D eigenvalue weighted by molar-refractivity contribution is -0.274. The number of carbonyl (C=O) groups is 2. The number of benzene rings is 1. The fraction of sp³-hybridized carbons (Fsp3) is 0.385. The number of hydrogen-bond donors (Lipinski definition) is 1. The number of alkyl halides is 3. The van der Waals surface area contributed by atoms with Crippen molar-refractivity contribution in [3.8, 4) is 5.75 Å². The number of carboxylic acids is 1. The summed E-state index contributed by atoms with van der Waals surface area (Å²) in [7, 11) is 0. The molecule has 0 spiro atoms. The van der Waals surface area contributed by atoms with Gasteiger partial charge in [-0.2, -0.15) is 0 Å². The van der Waals surface area contributed by atoms with Crippen molar-refractivity contribution in [3.63, 3.8) is 0 Å². The standard InChI is InChI=1S/C13H12F3NO5/c14-13(15,16)22-9-3-1-8(2-4-9)11(18)17-5-6-21-7-10(17)12(19)20/h1-4,10H,5-7H2,(H,19,20)/t10-/m0/s1. The molecule has 0 radical (unpaired) electrons. The van der Waals surface area contributed by atoms with Gasteiger partial charge >= 0.3 is 12.3 Å². The van der Waals surface area contributed by atoms with Crippen LogP contribution in [-0.2, 0) is 9.53 Å². The first-order valence-electron chi connectivity index (χ1n) is 6.25. The first-order valence-corrected chi connectivity index (χ1v) is 6.25. The van der Waals surface area contributed by atoms with Crippen LogP contribution in [0.3, 0.4) is 0 Å². The Kier molecular flexibility index (Phi) is 4.55. The molecule has 120 valence electrons. The van der Waals surface area contributed by atoms with Gasteiger partial charge in [-0.25, -0.2) is 4.79 Å². The summed E-state index contributed by atoms with van der Waals surface area (Å²) in [5, 5.41) is 9.06. The maximum absolute atomic E-state index is 12.3. The molecule has 0 bridgehead atoms. The summed E-state index contributed by atoms with van der Waals surface area (Å²) in [6.07, 6.45) is -4.82. The maximum atomic E-state index is 12.3. The van der Waals surface area contributed by atoms with E-state index in [9.17, 15) is 22.8 Å². The second kappa shape index (κ2) is 6.22. The highest BCUT2D eigenvalue weighted by atomic mass is 19.4. The first kappa shape index (κ1) is 16.1. The van der Waals surface area contributed by atoms with Gasteiger partial charge in [0.15, 0.2) is 6.04 Å². The van der Waals surface area contributed by atoms with Crippen LogP contribution in [0, 0.1) is 0 Å². The summed E-state index contributed by atoms with van der Waals surface area (Å²) in [4.78, 5) is 24.5. The van der Waals surface area contributed by atoms with Crippen LogP contribution < -0.4 is 4.74 Å². The van der Waals surface area contributed by atoms with Crippen LogP contribution in [-0.4, -0.2) is 54.0 Å². The number of carboxylic acid groups (broad SMARTS) is 1. The molecule has 1 aliphatic heterocycles.